The van der Waals surface area contributed by atoms with E-state index >= 15 is 0 Å². The Morgan fingerprint density at radius 1 is 1.50 bits per heavy atom. The Hall–Kier alpha value is -0.530. The summed E-state index contributed by atoms with van der Waals surface area (Å²) in [6, 6.07) is 6.16. The van der Waals surface area contributed by atoms with Gasteiger partial charge in [-0.25, -0.2) is 0 Å². The Morgan fingerprint density at radius 3 is 3.00 bits per heavy atom. The molecule has 1 atom stereocenters. The molecular weight excluding hydrogens is 194 g/mol. The second-order valence-electron chi connectivity index (χ2n) is 4.10. The molecule has 0 radical (unpaired) electrons. The average molecular weight is 210 g/mol. The molecule has 0 spiro atoms. The van der Waals surface area contributed by atoms with Gasteiger partial charge in [0.05, 0.1) is 0 Å². The molecule has 0 aromatic heterocycles. The van der Waals surface area contributed by atoms with Gasteiger partial charge in [0.15, 0.2) is 0 Å². The van der Waals surface area contributed by atoms with Gasteiger partial charge in [-0.3, -0.25) is 0 Å². The van der Waals surface area contributed by atoms with Crippen LogP contribution in [0.1, 0.15) is 17.5 Å². The van der Waals surface area contributed by atoms with Crippen LogP contribution in [-0.4, -0.2) is 13.1 Å². The van der Waals surface area contributed by atoms with Gasteiger partial charge in [-0.05, 0) is 56.0 Å². The van der Waals surface area contributed by atoms with Gasteiger partial charge in [0.25, 0.3) is 0 Å². The van der Waals surface area contributed by atoms with Gasteiger partial charge in [-0.2, -0.15) is 0 Å². The molecule has 0 bridgehead atoms. The molecule has 2 heteroatoms. The molecule has 1 aliphatic heterocycles. The fourth-order valence-electron chi connectivity index (χ4n) is 2.10. The van der Waals surface area contributed by atoms with Crippen LogP contribution in [0.3, 0.4) is 0 Å². The molecule has 1 aromatic carbocycles. The minimum atomic E-state index is 0.772. The first kappa shape index (κ1) is 10.0. The molecule has 0 saturated carbocycles. The number of aryl methyl sites for hydroxylation is 1. The molecule has 2 rings (SSSR count). The van der Waals surface area contributed by atoms with Crippen LogP contribution in [-0.2, 0) is 6.42 Å². The van der Waals surface area contributed by atoms with E-state index in [0.29, 0.717) is 0 Å². The van der Waals surface area contributed by atoms with E-state index in [1.165, 1.54) is 17.5 Å². The van der Waals surface area contributed by atoms with Crippen molar-refractivity contribution < 1.29 is 0 Å². The summed E-state index contributed by atoms with van der Waals surface area (Å²) >= 11 is 6.19. The summed E-state index contributed by atoms with van der Waals surface area (Å²) in [5.74, 6) is 0.772. The molecular formula is C12H16ClN. The summed E-state index contributed by atoms with van der Waals surface area (Å²) in [5.41, 5.74) is 2.66. The normalized spacial score (nSPS) is 21.4. The van der Waals surface area contributed by atoms with Crippen molar-refractivity contribution in [3.8, 4) is 0 Å². The minimum absolute atomic E-state index is 0.772. The topological polar surface area (TPSA) is 12.0 Å². The van der Waals surface area contributed by atoms with Crippen molar-refractivity contribution in [3.05, 3.63) is 34.3 Å². The van der Waals surface area contributed by atoms with Crippen LogP contribution in [0.4, 0.5) is 0 Å². The highest BCUT2D eigenvalue weighted by molar-refractivity contribution is 6.31. The van der Waals surface area contributed by atoms with Gasteiger partial charge in [-0.15, -0.1) is 0 Å². The van der Waals surface area contributed by atoms with Crippen molar-refractivity contribution in [1.82, 2.24) is 5.32 Å². The van der Waals surface area contributed by atoms with Crippen molar-refractivity contribution in [3.63, 3.8) is 0 Å². The molecule has 1 saturated heterocycles. The summed E-state index contributed by atoms with van der Waals surface area (Å²) < 4.78 is 0. The third-order valence-corrected chi connectivity index (χ3v) is 3.36. The van der Waals surface area contributed by atoms with Crippen molar-refractivity contribution in [2.75, 3.05) is 13.1 Å². The van der Waals surface area contributed by atoms with Gasteiger partial charge < -0.3 is 5.32 Å². The van der Waals surface area contributed by atoms with Crippen LogP contribution in [0.2, 0.25) is 5.02 Å². The first-order valence-electron chi connectivity index (χ1n) is 5.22. The summed E-state index contributed by atoms with van der Waals surface area (Å²) in [7, 11) is 0. The predicted octanol–water partition coefficient (Wildman–Crippen LogP) is 2.80. The lowest BCUT2D eigenvalue weighted by Crippen LogP contribution is -2.11. The zero-order valence-electron chi connectivity index (χ0n) is 8.52. The molecule has 14 heavy (non-hydrogen) atoms. The van der Waals surface area contributed by atoms with Crippen LogP contribution >= 0.6 is 11.6 Å². The molecule has 1 unspecified atom stereocenters. The predicted molar refractivity (Wildman–Crippen MR) is 60.9 cm³/mol. The summed E-state index contributed by atoms with van der Waals surface area (Å²) in [6.07, 6.45) is 2.41. The quantitative estimate of drug-likeness (QED) is 0.790. The second kappa shape index (κ2) is 4.33. The third-order valence-electron chi connectivity index (χ3n) is 3.01. The Labute approximate surface area is 90.5 Å². The van der Waals surface area contributed by atoms with Gasteiger partial charge in [0.1, 0.15) is 0 Å². The number of rotatable bonds is 2. The number of hydrogen-bond donors (Lipinski definition) is 1. The number of nitrogens with one attached hydrogen (secondary N) is 1. The average Bonchev–Trinajstić information content (AvgIpc) is 2.64. The van der Waals surface area contributed by atoms with E-state index in [2.05, 4.69) is 18.3 Å². The first-order valence-corrected chi connectivity index (χ1v) is 5.60. The summed E-state index contributed by atoms with van der Waals surface area (Å²) in [6.45, 7) is 4.45. The number of hydrogen-bond acceptors (Lipinski definition) is 1. The maximum Gasteiger partial charge on any atom is 0.0440 e. The van der Waals surface area contributed by atoms with Crippen molar-refractivity contribution in [2.45, 2.75) is 19.8 Å². The lowest BCUT2D eigenvalue weighted by molar-refractivity contribution is 0.579. The highest BCUT2D eigenvalue weighted by Gasteiger charge is 2.16. The zero-order chi connectivity index (χ0) is 9.97. The summed E-state index contributed by atoms with van der Waals surface area (Å²) in [4.78, 5) is 0. The summed E-state index contributed by atoms with van der Waals surface area (Å²) in [5, 5.41) is 4.32. The maximum atomic E-state index is 6.19. The van der Waals surface area contributed by atoms with Crippen LogP contribution in [0, 0.1) is 12.8 Å². The standard InChI is InChI=1S/C12H16ClN/c1-9-3-2-4-12(13)11(9)7-10-5-6-14-8-10/h2-4,10,14H,5-8H2,1H3. The SMILES string of the molecule is Cc1cccc(Cl)c1CC1CCNC1. The fraction of sp³-hybridized carbons (Fsp3) is 0.500. The molecule has 76 valence electrons. The van der Waals surface area contributed by atoms with Crippen molar-refractivity contribution >= 4 is 11.6 Å². The van der Waals surface area contributed by atoms with E-state index in [1.54, 1.807) is 0 Å². The van der Waals surface area contributed by atoms with Gasteiger partial charge in [0.2, 0.25) is 0 Å². The molecule has 1 heterocycles. The van der Waals surface area contributed by atoms with Crippen LogP contribution in [0.5, 0.6) is 0 Å². The molecule has 0 aliphatic carbocycles. The van der Waals surface area contributed by atoms with E-state index in [9.17, 15) is 0 Å². The molecule has 1 aromatic rings. The molecule has 1 N–H and O–H groups in total. The Kier molecular flexibility index (Phi) is 3.09. The zero-order valence-corrected chi connectivity index (χ0v) is 9.27. The lowest BCUT2D eigenvalue weighted by Gasteiger charge is -2.12. The number of halogens is 1. The fourth-order valence-corrected chi connectivity index (χ4v) is 2.40. The second-order valence-corrected chi connectivity index (χ2v) is 4.51. The van der Waals surface area contributed by atoms with E-state index in [4.69, 9.17) is 11.6 Å². The van der Waals surface area contributed by atoms with E-state index in [1.807, 2.05) is 12.1 Å². The molecule has 1 aliphatic rings. The monoisotopic (exact) mass is 209 g/mol. The number of benzene rings is 1. The molecule has 0 amide bonds. The van der Waals surface area contributed by atoms with Gasteiger partial charge in [-0.1, -0.05) is 23.7 Å². The highest BCUT2D eigenvalue weighted by Crippen LogP contribution is 2.24. The Bertz CT molecular complexity index is 296. The first-order chi connectivity index (χ1) is 6.77. The van der Waals surface area contributed by atoms with E-state index < -0.39 is 0 Å². The van der Waals surface area contributed by atoms with Crippen LogP contribution < -0.4 is 5.32 Å². The Balaban J connectivity index is 2.14. The van der Waals surface area contributed by atoms with Crippen molar-refractivity contribution in [2.24, 2.45) is 5.92 Å². The minimum Gasteiger partial charge on any atom is -0.316 e. The van der Waals surface area contributed by atoms with Crippen LogP contribution in [0.25, 0.3) is 0 Å². The van der Waals surface area contributed by atoms with E-state index in [-0.39, 0.29) is 0 Å². The van der Waals surface area contributed by atoms with Gasteiger partial charge in [0, 0.05) is 5.02 Å². The lowest BCUT2D eigenvalue weighted by atomic mass is 9.95. The molecule has 1 fully saturated rings. The van der Waals surface area contributed by atoms with E-state index in [0.717, 1.165) is 30.5 Å². The highest BCUT2D eigenvalue weighted by atomic mass is 35.5. The Morgan fingerprint density at radius 2 is 2.36 bits per heavy atom. The smallest absolute Gasteiger partial charge is 0.0440 e. The van der Waals surface area contributed by atoms with Gasteiger partial charge >= 0.3 is 0 Å². The third kappa shape index (κ3) is 2.10. The van der Waals surface area contributed by atoms with Crippen molar-refractivity contribution in [1.29, 1.82) is 0 Å². The maximum absolute atomic E-state index is 6.19. The largest absolute Gasteiger partial charge is 0.316 e. The van der Waals surface area contributed by atoms with Crippen LogP contribution in [0.15, 0.2) is 18.2 Å². The molecule has 1 nitrogen and oxygen atoms in total.